The number of benzene rings is 1. The van der Waals surface area contributed by atoms with E-state index in [4.69, 9.17) is 9.47 Å². The van der Waals surface area contributed by atoms with Crippen molar-refractivity contribution >= 4 is 50.1 Å². The topological polar surface area (TPSA) is 83.9 Å². The van der Waals surface area contributed by atoms with E-state index in [1.165, 1.54) is 0 Å². The molecular weight excluding hydrogens is 452 g/mol. The molecule has 0 bridgehead atoms. The highest BCUT2D eigenvalue weighted by Crippen LogP contribution is 2.31. The fourth-order valence-corrected chi connectivity index (χ4v) is 5.31. The summed E-state index contributed by atoms with van der Waals surface area (Å²) >= 11 is 1.57. The number of fused-ring (bicyclic) bond motifs is 2. The maximum atomic E-state index is 12.5. The second-order valence-electron chi connectivity index (χ2n) is 8.67. The third kappa shape index (κ3) is 3.68. The van der Waals surface area contributed by atoms with Crippen LogP contribution < -0.4 is 14.5 Å². The van der Waals surface area contributed by atoms with Crippen LogP contribution in [0, 0.1) is 0 Å². The van der Waals surface area contributed by atoms with Gasteiger partial charge in [-0.3, -0.25) is 14.8 Å². The number of aromatic nitrogens is 3. The molecule has 34 heavy (non-hydrogen) atoms. The summed E-state index contributed by atoms with van der Waals surface area (Å²) in [7, 11) is 3.71. The predicted molar refractivity (Wildman–Crippen MR) is 132 cm³/mol. The Hall–Kier alpha value is -3.50. The number of hydrogen-bond donors (Lipinski definition) is 0. The van der Waals surface area contributed by atoms with Gasteiger partial charge in [-0.25, -0.2) is 14.8 Å². The normalized spacial score (nSPS) is 18.7. The Kier molecular flexibility index (Phi) is 5.19. The smallest absolute Gasteiger partial charge is 0.414 e. The van der Waals surface area contributed by atoms with E-state index in [1.807, 2.05) is 48.1 Å². The fraction of sp³-hybridized carbons (Fsp3) is 0.333. The Morgan fingerprint density at radius 3 is 2.85 bits per heavy atom. The summed E-state index contributed by atoms with van der Waals surface area (Å²) in [6, 6.07) is 12.0. The van der Waals surface area contributed by atoms with Crippen LogP contribution in [0.5, 0.6) is 5.88 Å². The predicted octanol–water partition coefficient (Wildman–Crippen LogP) is 3.39. The van der Waals surface area contributed by atoms with E-state index in [0.29, 0.717) is 25.0 Å². The molecule has 9 nitrogen and oxygen atoms in total. The lowest BCUT2D eigenvalue weighted by molar-refractivity contribution is 0.0957. The van der Waals surface area contributed by atoms with E-state index in [0.717, 1.165) is 45.7 Å². The quantitative estimate of drug-likeness (QED) is 0.419. The number of nitrogens with zero attached hydrogens (tertiary/aromatic N) is 6. The molecular formula is C24H24N6O3S. The van der Waals surface area contributed by atoms with E-state index >= 15 is 0 Å². The van der Waals surface area contributed by atoms with Gasteiger partial charge in [-0.15, -0.1) is 11.3 Å². The minimum absolute atomic E-state index is 0.170. The summed E-state index contributed by atoms with van der Waals surface area (Å²) in [5, 5.41) is 0. The number of carbonyl (C=O) groups is 1. The lowest BCUT2D eigenvalue weighted by Crippen LogP contribution is -2.59. The standard InChI is InChI=1S/C24H24N6O3S/c1-28(12-17-13-30(24(31)33-17)15-3-4-18-21(9-15)34-14-26-18)16-10-29(11-16)20-7-8-25-19-5-6-22(32-2)27-23(19)20/h3-9,14,16-17H,10-13H2,1-2H3/t17-/m1/s1. The van der Waals surface area contributed by atoms with Crippen molar-refractivity contribution in [3.05, 3.63) is 48.1 Å². The van der Waals surface area contributed by atoms with Crippen LogP contribution in [0.3, 0.4) is 0 Å². The summed E-state index contributed by atoms with van der Waals surface area (Å²) in [5.74, 6) is 0.582. The molecule has 4 aromatic rings. The Bertz CT molecular complexity index is 1370. The second-order valence-corrected chi connectivity index (χ2v) is 9.56. The van der Waals surface area contributed by atoms with Crippen molar-refractivity contribution in [3.8, 4) is 5.88 Å². The van der Waals surface area contributed by atoms with Crippen molar-refractivity contribution in [2.75, 3.05) is 50.1 Å². The average molecular weight is 477 g/mol. The van der Waals surface area contributed by atoms with Crippen molar-refractivity contribution in [1.29, 1.82) is 0 Å². The highest BCUT2D eigenvalue weighted by Gasteiger charge is 2.37. The van der Waals surface area contributed by atoms with E-state index in [2.05, 4.69) is 31.8 Å². The third-order valence-corrected chi connectivity index (χ3v) is 7.36. The lowest BCUT2D eigenvalue weighted by atomic mass is 10.1. The van der Waals surface area contributed by atoms with Gasteiger partial charge in [0.15, 0.2) is 0 Å². The summed E-state index contributed by atoms with van der Waals surface area (Å²) in [5.41, 5.74) is 6.38. The molecule has 0 aliphatic carbocycles. The molecule has 1 amide bonds. The van der Waals surface area contributed by atoms with Crippen LogP contribution in [0.25, 0.3) is 21.3 Å². The monoisotopic (exact) mass is 476 g/mol. The summed E-state index contributed by atoms with van der Waals surface area (Å²) in [4.78, 5) is 32.2. The van der Waals surface area contributed by atoms with Gasteiger partial charge in [0.25, 0.3) is 0 Å². The Morgan fingerprint density at radius 1 is 1.15 bits per heavy atom. The molecule has 10 heteroatoms. The molecule has 1 aromatic carbocycles. The van der Waals surface area contributed by atoms with Crippen molar-refractivity contribution in [2.24, 2.45) is 0 Å². The fourth-order valence-electron chi connectivity index (χ4n) is 4.60. The SMILES string of the molecule is COc1ccc2nccc(N3CC(N(C)C[C@@H]4CN(c5ccc6ncsc6c5)C(=O)O4)C3)c2n1. The molecule has 2 fully saturated rings. The average Bonchev–Trinajstić information content (AvgIpc) is 3.43. The van der Waals surface area contributed by atoms with Gasteiger partial charge in [0.1, 0.15) is 11.6 Å². The first-order valence-electron chi connectivity index (χ1n) is 11.2. The van der Waals surface area contributed by atoms with Crippen LogP contribution in [-0.4, -0.2) is 78.4 Å². The summed E-state index contributed by atoms with van der Waals surface area (Å²) < 4.78 is 12.1. The van der Waals surface area contributed by atoms with Crippen molar-refractivity contribution in [3.63, 3.8) is 0 Å². The largest absolute Gasteiger partial charge is 0.481 e. The number of anilines is 2. The van der Waals surface area contributed by atoms with Crippen LogP contribution in [0.15, 0.2) is 48.1 Å². The second kappa shape index (κ2) is 8.37. The number of amides is 1. The highest BCUT2D eigenvalue weighted by atomic mass is 32.1. The van der Waals surface area contributed by atoms with Crippen LogP contribution in [0.4, 0.5) is 16.2 Å². The lowest BCUT2D eigenvalue weighted by Gasteiger charge is -2.45. The van der Waals surface area contributed by atoms with Crippen molar-refractivity contribution < 1.29 is 14.3 Å². The van der Waals surface area contributed by atoms with Gasteiger partial charge in [0, 0.05) is 43.6 Å². The zero-order valence-corrected chi connectivity index (χ0v) is 19.7. The molecule has 2 aliphatic rings. The number of likely N-dealkylation sites (N-methyl/N-ethyl adjacent to an activating group) is 1. The molecule has 174 valence electrons. The molecule has 0 N–H and O–H groups in total. The molecule has 3 aromatic heterocycles. The van der Waals surface area contributed by atoms with Gasteiger partial charge in [-0.05, 0) is 37.4 Å². The number of cyclic esters (lactones) is 1. The summed E-state index contributed by atoms with van der Waals surface area (Å²) in [6.45, 7) is 2.98. The molecule has 0 saturated carbocycles. The molecule has 2 saturated heterocycles. The number of methoxy groups -OCH3 is 1. The number of pyridine rings is 2. The van der Waals surface area contributed by atoms with Crippen LogP contribution >= 0.6 is 11.3 Å². The summed E-state index contributed by atoms with van der Waals surface area (Å²) in [6.07, 6.45) is 1.36. The third-order valence-electron chi connectivity index (χ3n) is 6.56. The number of rotatable bonds is 6. The van der Waals surface area contributed by atoms with Crippen LogP contribution in [0.2, 0.25) is 0 Å². The number of hydrogen-bond acceptors (Lipinski definition) is 9. The Balaban J connectivity index is 1.09. The number of carbonyl (C=O) groups excluding carboxylic acids is 1. The maximum Gasteiger partial charge on any atom is 0.414 e. The molecule has 0 spiro atoms. The number of thiazole rings is 1. The van der Waals surface area contributed by atoms with E-state index in [-0.39, 0.29) is 12.2 Å². The minimum atomic E-state index is -0.291. The van der Waals surface area contributed by atoms with Gasteiger partial charge in [-0.1, -0.05) is 0 Å². The van der Waals surface area contributed by atoms with Crippen molar-refractivity contribution in [2.45, 2.75) is 12.1 Å². The zero-order chi connectivity index (χ0) is 23.2. The Morgan fingerprint density at radius 2 is 2.00 bits per heavy atom. The van der Waals surface area contributed by atoms with Gasteiger partial charge >= 0.3 is 6.09 Å². The van der Waals surface area contributed by atoms with E-state index in [1.54, 1.807) is 23.3 Å². The van der Waals surface area contributed by atoms with Crippen LogP contribution in [0.1, 0.15) is 0 Å². The highest BCUT2D eigenvalue weighted by molar-refractivity contribution is 7.16. The van der Waals surface area contributed by atoms with Gasteiger partial charge in [0.2, 0.25) is 5.88 Å². The molecule has 2 aliphatic heterocycles. The first kappa shape index (κ1) is 21.1. The van der Waals surface area contributed by atoms with E-state index in [9.17, 15) is 4.79 Å². The number of ether oxygens (including phenoxy) is 2. The van der Waals surface area contributed by atoms with Crippen LogP contribution in [-0.2, 0) is 4.74 Å². The molecule has 1 atom stereocenters. The minimum Gasteiger partial charge on any atom is -0.481 e. The van der Waals surface area contributed by atoms with Gasteiger partial charge in [0.05, 0.1) is 40.6 Å². The Labute approximate surface area is 200 Å². The maximum absolute atomic E-state index is 12.5. The molecule has 0 radical (unpaired) electrons. The first-order chi connectivity index (χ1) is 16.6. The van der Waals surface area contributed by atoms with Gasteiger partial charge in [-0.2, -0.15) is 0 Å². The molecule has 0 unspecified atom stereocenters. The van der Waals surface area contributed by atoms with E-state index < -0.39 is 0 Å². The van der Waals surface area contributed by atoms with Gasteiger partial charge < -0.3 is 14.4 Å². The molecule has 6 rings (SSSR count). The molecule has 5 heterocycles. The van der Waals surface area contributed by atoms with Crippen molar-refractivity contribution in [1.82, 2.24) is 19.9 Å². The zero-order valence-electron chi connectivity index (χ0n) is 18.9. The first-order valence-corrected chi connectivity index (χ1v) is 12.0.